The second kappa shape index (κ2) is 6.90. The number of carbonyl (C=O) groups excluding carboxylic acids is 2. The lowest BCUT2D eigenvalue weighted by molar-refractivity contribution is 0.0909. The molecule has 0 aliphatic carbocycles. The van der Waals surface area contributed by atoms with Gasteiger partial charge in [-0.2, -0.15) is 0 Å². The Labute approximate surface area is 130 Å². The van der Waals surface area contributed by atoms with E-state index < -0.39 is 5.91 Å². The molecule has 0 radical (unpaired) electrons. The summed E-state index contributed by atoms with van der Waals surface area (Å²) in [7, 11) is 0. The Morgan fingerprint density at radius 2 is 1.86 bits per heavy atom. The second-order valence-corrected chi connectivity index (χ2v) is 5.17. The number of halogens is 1. The Morgan fingerprint density at radius 1 is 1.14 bits per heavy atom. The number of hydrazine groups is 1. The van der Waals surface area contributed by atoms with Crippen LogP contribution in [0.2, 0.25) is 0 Å². The zero-order valence-corrected chi connectivity index (χ0v) is 12.8. The van der Waals surface area contributed by atoms with Crippen molar-refractivity contribution in [2.24, 2.45) is 0 Å². The number of ketones is 1. The molecular formula is C15H13BrN2O3. The maximum Gasteiger partial charge on any atom is 0.305 e. The maximum atomic E-state index is 12.0. The molecule has 0 aliphatic heterocycles. The summed E-state index contributed by atoms with van der Waals surface area (Å²) in [5.74, 6) is -0.377. The van der Waals surface area contributed by atoms with Gasteiger partial charge in [0, 0.05) is 21.8 Å². The summed E-state index contributed by atoms with van der Waals surface area (Å²) in [5, 5.41) is 0. The van der Waals surface area contributed by atoms with E-state index in [2.05, 4.69) is 26.8 Å². The molecule has 0 aliphatic rings. The van der Waals surface area contributed by atoms with E-state index in [0.717, 1.165) is 4.47 Å². The van der Waals surface area contributed by atoms with Crippen molar-refractivity contribution in [2.45, 2.75) is 6.92 Å². The van der Waals surface area contributed by atoms with Crippen LogP contribution in [0.4, 0.5) is 0 Å². The molecule has 0 saturated heterocycles. The van der Waals surface area contributed by atoms with Gasteiger partial charge in [0.2, 0.25) is 0 Å². The summed E-state index contributed by atoms with van der Waals surface area (Å²) in [5.41, 5.74) is 6.18. The molecule has 0 bridgehead atoms. The average Bonchev–Trinajstić information content (AvgIpc) is 2.99. The van der Waals surface area contributed by atoms with Crippen molar-refractivity contribution in [1.29, 1.82) is 0 Å². The molecule has 0 fully saturated rings. The normalized spacial score (nSPS) is 11.0. The Kier molecular flexibility index (Phi) is 4.94. The van der Waals surface area contributed by atoms with E-state index in [9.17, 15) is 9.59 Å². The number of furan rings is 1. The standard InChI is InChI=1S/C15H13BrN2O3/c1-10(17-18-15(20)14-3-2-8-21-14)9-13(19)11-4-6-12(16)7-5-11/h2-9,17H,1H3,(H,18,20)/b10-9-. The van der Waals surface area contributed by atoms with Crippen molar-refractivity contribution >= 4 is 27.6 Å². The molecule has 0 saturated carbocycles. The molecule has 0 spiro atoms. The van der Waals surface area contributed by atoms with Crippen LogP contribution in [0.5, 0.6) is 0 Å². The Balaban J connectivity index is 1.93. The fourth-order valence-electron chi connectivity index (χ4n) is 1.55. The van der Waals surface area contributed by atoms with Gasteiger partial charge in [-0.25, -0.2) is 0 Å². The fourth-order valence-corrected chi connectivity index (χ4v) is 1.82. The molecule has 6 heteroatoms. The van der Waals surface area contributed by atoms with E-state index in [1.807, 2.05) is 0 Å². The van der Waals surface area contributed by atoms with E-state index in [-0.39, 0.29) is 11.5 Å². The van der Waals surface area contributed by atoms with Gasteiger partial charge in [0.1, 0.15) is 0 Å². The minimum atomic E-state index is -0.413. The van der Waals surface area contributed by atoms with Crippen LogP contribution in [0, 0.1) is 0 Å². The van der Waals surface area contributed by atoms with Crippen LogP contribution in [-0.2, 0) is 0 Å². The molecule has 1 heterocycles. The SMILES string of the molecule is C/C(=C/C(=O)c1ccc(Br)cc1)NNC(=O)c1ccco1. The van der Waals surface area contributed by atoms with Gasteiger partial charge in [-0.15, -0.1) is 0 Å². The first-order chi connectivity index (χ1) is 10.1. The highest BCUT2D eigenvalue weighted by molar-refractivity contribution is 9.10. The van der Waals surface area contributed by atoms with Crippen LogP contribution in [-0.4, -0.2) is 11.7 Å². The third-order valence-corrected chi connectivity index (χ3v) is 3.12. The average molecular weight is 349 g/mol. The number of carbonyl (C=O) groups is 2. The summed E-state index contributed by atoms with van der Waals surface area (Å²) in [6, 6.07) is 10.2. The molecule has 21 heavy (non-hydrogen) atoms. The number of nitrogens with one attached hydrogen (secondary N) is 2. The summed E-state index contributed by atoms with van der Waals surface area (Å²) in [6.07, 6.45) is 2.82. The maximum absolute atomic E-state index is 12.0. The van der Waals surface area contributed by atoms with Gasteiger partial charge in [-0.3, -0.25) is 15.0 Å². The molecule has 5 nitrogen and oxygen atoms in total. The number of hydrogen-bond donors (Lipinski definition) is 2. The highest BCUT2D eigenvalue weighted by Gasteiger charge is 2.08. The van der Waals surface area contributed by atoms with Crippen molar-refractivity contribution < 1.29 is 14.0 Å². The van der Waals surface area contributed by atoms with Gasteiger partial charge >= 0.3 is 5.91 Å². The van der Waals surface area contributed by atoms with E-state index in [4.69, 9.17) is 4.42 Å². The van der Waals surface area contributed by atoms with Gasteiger partial charge in [-0.1, -0.05) is 15.9 Å². The van der Waals surface area contributed by atoms with Crippen molar-refractivity contribution in [2.75, 3.05) is 0 Å². The van der Waals surface area contributed by atoms with Crippen molar-refractivity contribution in [3.05, 3.63) is 70.2 Å². The summed E-state index contributed by atoms with van der Waals surface area (Å²) >= 11 is 3.31. The highest BCUT2D eigenvalue weighted by atomic mass is 79.9. The lowest BCUT2D eigenvalue weighted by Gasteiger charge is -2.07. The van der Waals surface area contributed by atoms with Crippen LogP contribution in [0.15, 0.2) is 63.3 Å². The van der Waals surface area contributed by atoms with Crippen molar-refractivity contribution in [1.82, 2.24) is 10.9 Å². The zero-order chi connectivity index (χ0) is 15.2. The van der Waals surface area contributed by atoms with Gasteiger partial charge < -0.3 is 9.84 Å². The molecule has 2 N–H and O–H groups in total. The molecule has 2 rings (SSSR count). The second-order valence-electron chi connectivity index (χ2n) is 4.25. The van der Waals surface area contributed by atoms with Crippen LogP contribution < -0.4 is 10.9 Å². The Hall–Kier alpha value is -2.34. The monoisotopic (exact) mass is 348 g/mol. The molecule has 1 aromatic heterocycles. The third kappa shape index (κ3) is 4.32. The number of benzene rings is 1. The molecule has 108 valence electrons. The molecule has 2 aromatic rings. The molecule has 0 atom stereocenters. The minimum absolute atomic E-state index is 0.153. The summed E-state index contributed by atoms with van der Waals surface area (Å²) in [6.45, 7) is 1.68. The topological polar surface area (TPSA) is 71.3 Å². The van der Waals surface area contributed by atoms with Gasteiger partial charge in [-0.05, 0) is 43.3 Å². The van der Waals surface area contributed by atoms with Crippen LogP contribution >= 0.6 is 15.9 Å². The lowest BCUT2D eigenvalue weighted by Crippen LogP contribution is -2.36. The molecule has 1 amide bonds. The number of rotatable bonds is 5. The number of hydrogen-bond acceptors (Lipinski definition) is 4. The quantitative estimate of drug-likeness (QED) is 0.494. The molecular weight excluding hydrogens is 336 g/mol. The molecule has 1 aromatic carbocycles. The first-order valence-corrected chi connectivity index (χ1v) is 6.93. The minimum Gasteiger partial charge on any atom is -0.459 e. The number of allylic oxidation sites excluding steroid dienone is 2. The van der Waals surface area contributed by atoms with Crippen LogP contribution in [0.1, 0.15) is 27.8 Å². The van der Waals surface area contributed by atoms with Gasteiger partial charge in [0.05, 0.1) is 6.26 Å². The first-order valence-electron chi connectivity index (χ1n) is 6.14. The predicted molar refractivity (Wildman–Crippen MR) is 81.5 cm³/mol. The van der Waals surface area contributed by atoms with E-state index in [0.29, 0.717) is 11.3 Å². The van der Waals surface area contributed by atoms with Crippen LogP contribution in [0.25, 0.3) is 0 Å². The first kappa shape index (κ1) is 15.1. The van der Waals surface area contributed by atoms with E-state index >= 15 is 0 Å². The predicted octanol–water partition coefficient (Wildman–Crippen LogP) is 3.06. The van der Waals surface area contributed by atoms with Crippen molar-refractivity contribution in [3.8, 4) is 0 Å². The van der Waals surface area contributed by atoms with E-state index in [1.165, 1.54) is 12.3 Å². The van der Waals surface area contributed by atoms with Crippen molar-refractivity contribution in [3.63, 3.8) is 0 Å². The van der Waals surface area contributed by atoms with E-state index in [1.54, 1.807) is 43.3 Å². The fraction of sp³-hybridized carbons (Fsp3) is 0.0667. The highest BCUT2D eigenvalue weighted by Crippen LogP contribution is 2.11. The summed E-state index contributed by atoms with van der Waals surface area (Å²) < 4.78 is 5.85. The lowest BCUT2D eigenvalue weighted by atomic mass is 10.1. The smallest absolute Gasteiger partial charge is 0.305 e. The largest absolute Gasteiger partial charge is 0.459 e. The Morgan fingerprint density at radius 3 is 2.48 bits per heavy atom. The van der Waals surface area contributed by atoms with Gasteiger partial charge in [0.25, 0.3) is 0 Å². The summed E-state index contributed by atoms with van der Waals surface area (Å²) in [4.78, 5) is 23.6. The Bertz CT molecular complexity index is 661. The molecule has 0 unspecified atom stereocenters. The third-order valence-electron chi connectivity index (χ3n) is 2.59. The number of amides is 1. The van der Waals surface area contributed by atoms with Crippen LogP contribution in [0.3, 0.4) is 0 Å². The van der Waals surface area contributed by atoms with Gasteiger partial charge in [0.15, 0.2) is 11.5 Å². The zero-order valence-electron chi connectivity index (χ0n) is 11.2.